The second-order valence-electron chi connectivity index (χ2n) is 5.39. The van der Waals surface area contributed by atoms with E-state index in [0.717, 1.165) is 37.3 Å². The van der Waals surface area contributed by atoms with E-state index < -0.39 is 5.60 Å². The van der Waals surface area contributed by atoms with Crippen molar-refractivity contribution in [2.24, 2.45) is 5.92 Å². The molecule has 1 aromatic rings. The maximum atomic E-state index is 10.5. The second kappa shape index (κ2) is 5.57. The Morgan fingerprint density at radius 3 is 2.83 bits per heavy atom. The van der Waals surface area contributed by atoms with E-state index in [1.807, 2.05) is 6.07 Å². The number of aliphatic hydroxyl groups is 1. The Kier molecular flexibility index (Phi) is 4.07. The molecule has 0 radical (unpaired) electrons. The highest BCUT2D eigenvalue weighted by Crippen LogP contribution is 2.34. The predicted molar refractivity (Wildman–Crippen MR) is 74.3 cm³/mol. The lowest BCUT2D eigenvalue weighted by molar-refractivity contribution is 0.00231. The van der Waals surface area contributed by atoms with Crippen molar-refractivity contribution in [3.63, 3.8) is 0 Å². The van der Waals surface area contributed by atoms with Crippen LogP contribution in [0, 0.1) is 5.92 Å². The van der Waals surface area contributed by atoms with E-state index in [1.54, 1.807) is 12.4 Å². The summed E-state index contributed by atoms with van der Waals surface area (Å²) in [6.45, 7) is 2.79. The zero-order chi connectivity index (χ0) is 13.0. The van der Waals surface area contributed by atoms with E-state index >= 15 is 0 Å². The molecule has 1 aliphatic rings. The molecule has 0 atom stereocenters. The maximum Gasteiger partial charge on any atom is 0.0819 e. The number of nitrogens with zero attached hydrogens (tertiary/aromatic N) is 1. The first kappa shape index (κ1) is 13.1. The molecular formula is C14H23N3O. The number of hydrogen-bond acceptors (Lipinski definition) is 4. The molecule has 0 unspecified atom stereocenters. The summed E-state index contributed by atoms with van der Waals surface area (Å²) in [6, 6.07) is 1.84. The smallest absolute Gasteiger partial charge is 0.0819 e. The highest BCUT2D eigenvalue weighted by molar-refractivity contribution is 5.64. The zero-order valence-electron chi connectivity index (χ0n) is 11.0. The third-order valence-electron chi connectivity index (χ3n) is 4.07. The topological polar surface area (TPSA) is 71.2 Å². The molecule has 1 aliphatic carbocycles. The molecule has 4 nitrogen and oxygen atoms in total. The molecular weight excluding hydrogens is 226 g/mol. The fourth-order valence-corrected chi connectivity index (χ4v) is 2.63. The van der Waals surface area contributed by atoms with Gasteiger partial charge in [-0.15, -0.1) is 0 Å². The normalized spacial score (nSPS) is 28.0. The van der Waals surface area contributed by atoms with Crippen LogP contribution in [0.1, 0.15) is 39.0 Å². The fraction of sp³-hybridized carbons (Fsp3) is 0.643. The van der Waals surface area contributed by atoms with Crippen molar-refractivity contribution < 1.29 is 5.11 Å². The van der Waals surface area contributed by atoms with Crippen LogP contribution < -0.4 is 11.1 Å². The molecule has 4 heteroatoms. The van der Waals surface area contributed by atoms with Crippen molar-refractivity contribution in [3.05, 3.63) is 18.5 Å². The quantitative estimate of drug-likeness (QED) is 0.766. The van der Waals surface area contributed by atoms with E-state index in [9.17, 15) is 5.11 Å². The summed E-state index contributed by atoms with van der Waals surface area (Å²) in [5.74, 6) is 0.788. The van der Waals surface area contributed by atoms with Crippen LogP contribution in [0.5, 0.6) is 0 Å². The summed E-state index contributed by atoms with van der Waals surface area (Å²) in [7, 11) is 0. The molecule has 0 amide bonds. The number of hydrogen-bond donors (Lipinski definition) is 3. The molecule has 1 saturated carbocycles. The number of anilines is 2. The van der Waals surface area contributed by atoms with Gasteiger partial charge in [0.15, 0.2) is 0 Å². The van der Waals surface area contributed by atoms with Gasteiger partial charge in [-0.05, 0) is 37.7 Å². The summed E-state index contributed by atoms with van der Waals surface area (Å²) >= 11 is 0. The third kappa shape index (κ3) is 3.13. The Balaban J connectivity index is 1.88. The van der Waals surface area contributed by atoms with Gasteiger partial charge in [0, 0.05) is 12.7 Å². The summed E-state index contributed by atoms with van der Waals surface area (Å²) < 4.78 is 0. The van der Waals surface area contributed by atoms with Crippen LogP contribution in [0.4, 0.5) is 11.4 Å². The summed E-state index contributed by atoms with van der Waals surface area (Å²) in [6.07, 6.45) is 8.56. The highest BCUT2D eigenvalue weighted by atomic mass is 16.3. The Hall–Kier alpha value is -1.29. The standard InChI is InChI=1S/C14H23N3O/c1-2-11-3-6-14(18,7-4-11)10-17-13-5-8-16-9-12(13)15/h5,8-9,11,18H,2-4,6-7,10,15H2,1H3,(H,16,17). The average Bonchev–Trinajstić information content (AvgIpc) is 2.39. The van der Waals surface area contributed by atoms with Gasteiger partial charge in [-0.1, -0.05) is 13.3 Å². The van der Waals surface area contributed by atoms with Crippen LogP contribution in [0.3, 0.4) is 0 Å². The Morgan fingerprint density at radius 2 is 2.22 bits per heavy atom. The maximum absolute atomic E-state index is 10.5. The molecule has 100 valence electrons. The van der Waals surface area contributed by atoms with Crippen molar-refractivity contribution in [2.45, 2.75) is 44.6 Å². The first-order valence-corrected chi connectivity index (χ1v) is 6.79. The van der Waals surface area contributed by atoms with E-state index in [2.05, 4.69) is 17.2 Å². The van der Waals surface area contributed by atoms with E-state index in [0.29, 0.717) is 12.2 Å². The van der Waals surface area contributed by atoms with Gasteiger partial charge in [-0.3, -0.25) is 4.98 Å². The van der Waals surface area contributed by atoms with Gasteiger partial charge >= 0.3 is 0 Å². The highest BCUT2D eigenvalue weighted by Gasteiger charge is 2.32. The number of nitrogen functional groups attached to an aromatic ring is 1. The largest absolute Gasteiger partial charge is 0.396 e. The lowest BCUT2D eigenvalue weighted by atomic mass is 9.78. The molecule has 0 spiro atoms. The van der Waals surface area contributed by atoms with E-state index in [1.165, 1.54) is 6.42 Å². The minimum Gasteiger partial charge on any atom is -0.396 e. The van der Waals surface area contributed by atoms with Crippen LogP contribution in [-0.4, -0.2) is 22.2 Å². The van der Waals surface area contributed by atoms with Crippen LogP contribution >= 0.6 is 0 Å². The lowest BCUT2D eigenvalue weighted by Crippen LogP contribution is -2.40. The first-order chi connectivity index (χ1) is 8.63. The van der Waals surface area contributed by atoms with Gasteiger partial charge in [-0.2, -0.15) is 0 Å². The van der Waals surface area contributed by atoms with Crippen LogP contribution in [0.15, 0.2) is 18.5 Å². The number of aromatic nitrogens is 1. The van der Waals surface area contributed by atoms with Crippen molar-refractivity contribution in [1.82, 2.24) is 4.98 Å². The van der Waals surface area contributed by atoms with Gasteiger partial charge in [0.2, 0.25) is 0 Å². The molecule has 1 fully saturated rings. The van der Waals surface area contributed by atoms with Crippen LogP contribution in [0.2, 0.25) is 0 Å². The number of nitrogens with two attached hydrogens (primary N) is 1. The molecule has 0 bridgehead atoms. The lowest BCUT2D eigenvalue weighted by Gasteiger charge is -2.36. The van der Waals surface area contributed by atoms with Gasteiger partial charge in [-0.25, -0.2) is 0 Å². The summed E-state index contributed by atoms with van der Waals surface area (Å²) in [5, 5.41) is 13.8. The molecule has 0 aliphatic heterocycles. The molecule has 18 heavy (non-hydrogen) atoms. The Morgan fingerprint density at radius 1 is 1.50 bits per heavy atom. The van der Waals surface area contributed by atoms with Crippen LogP contribution in [0.25, 0.3) is 0 Å². The van der Waals surface area contributed by atoms with Crippen molar-refractivity contribution in [1.29, 1.82) is 0 Å². The van der Waals surface area contributed by atoms with Gasteiger partial charge in [0.05, 0.1) is 23.2 Å². The number of pyridine rings is 1. The predicted octanol–water partition coefficient (Wildman–Crippen LogP) is 2.41. The van der Waals surface area contributed by atoms with Crippen LogP contribution in [-0.2, 0) is 0 Å². The van der Waals surface area contributed by atoms with Crippen molar-refractivity contribution in [2.75, 3.05) is 17.6 Å². The zero-order valence-corrected chi connectivity index (χ0v) is 11.0. The van der Waals surface area contributed by atoms with Gasteiger partial charge < -0.3 is 16.2 Å². The average molecular weight is 249 g/mol. The number of rotatable bonds is 4. The molecule has 1 aromatic heterocycles. The molecule has 0 saturated heterocycles. The van der Waals surface area contributed by atoms with Crippen molar-refractivity contribution >= 4 is 11.4 Å². The number of nitrogens with one attached hydrogen (secondary N) is 1. The second-order valence-corrected chi connectivity index (χ2v) is 5.39. The summed E-state index contributed by atoms with van der Waals surface area (Å²) in [4.78, 5) is 3.95. The van der Waals surface area contributed by atoms with Crippen molar-refractivity contribution in [3.8, 4) is 0 Å². The third-order valence-corrected chi connectivity index (χ3v) is 4.07. The summed E-state index contributed by atoms with van der Waals surface area (Å²) in [5.41, 5.74) is 6.72. The molecule has 0 aromatic carbocycles. The minimum atomic E-state index is -0.582. The first-order valence-electron chi connectivity index (χ1n) is 6.79. The van der Waals surface area contributed by atoms with Gasteiger partial charge in [0.1, 0.15) is 0 Å². The molecule has 2 rings (SSSR count). The fourth-order valence-electron chi connectivity index (χ4n) is 2.63. The minimum absolute atomic E-state index is 0.567. The molecule has 4 N–H and O–H groups in total. The molecule has 1 heterocycles. The monoisotopic (exact) mass is 249 g/mol. The van der Waals surface area contributed by atoms with E-state index in [-0.39, 0.29) is 0 Å². The Bertz CT molecular complexity index is 386. The van der Waals surface area contributed by atoms with Gasteiger partial charge in [0.25, 0.3) is 0 Å². The SMILES string of the molecule is CCC1CCC(O)(CNc2ccncc2N)CC1. The van der Waals surface area contributed by atoms with E-state index in [4.69, 9.17) is 5.73 Å². The Labute approximate surface area is 109 Å².